The summed E-state index contributed by atoms with van der Waals surface area (Å²) in [5, 5.41) is 14.9. The van der Waals surface area contributed by atoms with Crippen LogP contribution in [0.15, 0.2) is 0 Å². The van der Waals surface area contributed by atoms with Crippen molar-refractivity contribution in [3.05, 3.63) is 0 Å². The lowest BCUT2D eigenvalue weighted by molar-refractivity contribution is -0.141. The first-order chi connectivity index (χ1) is 9.88. The largest absolute Gasteiger partial charge is 0.481 e. The van der Waals surface area contributed by atoms with Crippen molar-refractivity contribution in [2.45, 2.75) is 58.5 Å². The van der Waals surface area contributed by atoms with Gasteiger partial charge in [-0.25, -0.2) is 0 Å². The predicted molar refractivity (Wildman–Crippen MR) is 82.2 cm³/mol. The lowest BCUT2D eigenvalue weighted by Gasteiger charge is -2.20. The van der Waals surface area contributed by atoms with Crippen LogP contribution in [0, 0.1) is 5.92 Å². The Hall–Kier alpha value is -1.14. The Morgan fingerprint density at radius 1 is 1.14 bits per heavy atom. The summed E-state index contributed by atoms with van der Waals surface area (Å²) in [6.45, 7) is 6.82. The first kappa shape index (κ1) is 19.9. The number of hydrogen-bond acceptors (Lipinski definition) is 4. The molecule has 6 nitrogen and oxygen atoms in total. The third-order valence-electron chi connectivity index (χ3n) is 3.45. The molecular weight excluding hydrogens is 272 g/mol. The van der Waals surface area contributed by atoms with Crippen molar-refractivity contribution in [3.8, 4) is 0 Å². The van der Waals surface area contributed by atoms with Crippen LogP contribution in [0.25, 0.3) is 0 Å². The van der Waals surface area contributed by atoms with Crippen LogP contribution in [-0.2, 0) is 14.3 Å². The molecule has 0 heterocycles. The zero-order valence-electron chi connectivity index (χ0n) is 13.6. The predicted octanol–water partition coefficient (Wildman–Crippen LogP) is 1.40. The molecule has 0 fully saturated rings. The maximum atomic E-state index is 11.8. The van der Waals surface area contributed by atoms with Crippen molar-refractivity contribution in [2.75, 3.05) is 20.3 Å². The van der Waals surface area contributed by atoms with Crippen LogP contribution in [0.2, 0.25) is 0 Å². The second-order valence-corrected chi connectivity index (χ2v) is 5.60. The summed E-state index contributed by atoms with van der Waals surface area (Å²) in [6.07, 6.45) is 3.17. The molecule has 1 amide bonds. The molecule has 0 aliphatic rings. The molecule has 0 rings (SSSR count). The van der Waals surface area contributed by atoms with Gasteiger partial charge in [0.15, 0.2) is 0 Å². The fourth-order valence-corrected chi connectivity index (χ4v) is 2.02. The summed E-state index contributed by atoms with van der Waals surface area (Å²) in [7, 11) is 1.64. The highest BCUT2D eigenvalue weighted by atomic mass is 16.5. The molecule has 0 aromatic rings. The van der Waals surface area contributed by atoms with Crippen LogP contribution in [0.3, 0.4) is 0 Å². The quantitative estimate of drug-likeness (QED) is 0.474. The van der Waals surface area contributed by atoms with E-state index in [9.17, 15) is 9.59 Å². The standard InChI is InChI=1S/C15H30N2O4/c1-11(15(19)20)7-5-8-12(2)17-13(3)14(18)16-9-6-10-21-4/h11-13,17H,5-10H2,1-4H3,(H,16,18)(H,19,20). The maximum absolute atomic E-state index is 11.8. The molecule has 3 unspecified atom stereocenters. The Balaban J connectivity index is 3.79. The summed E-state index contributed by atoms with van der Waals surface area (Å²) in [4.78, 5) is 22.5. The first-order valence-electron chi connectivity index (χ1n) is 7.64. The number of carboxylic acids is 1. The summed E-state index contributed by atoms with van der Waals surface area (Å²) in [6, 6.07) is -0.0647. The van der Waals surface area contributed by atoms with Crippen LogP contribution in [0.1, 0.15) is 46.5 Å². The number of carbonyl (C=O) groups is 2. The summed E-state index contributed by atoms with van der Waals surface area (Å²) in [5.74, 6) is -1.07. The van der Waals surface area contributed by atoms with Crippen LogP contribution < -0.4 is 10.6 Å². The fraction of sp³-hybridized carbons (Fsp3) is 0.867. The molecular formula is C15H30N2O4. The lowest BCUT2D eigenvalue weighted by atomic mass is 10.0. The highest BCUT2D eigenvalue weighted by molar-refractivity contribution is 5.81. The molecule has 0 spiro atoms. The second kappa shape index (κ2) is 11.5. The normalized spacial score (nSPS) is 15.2. The minimum Gasteiger partial charge on any atom is -0.481 e. The smallest absolute Gasteiger partial charge is 0.306 e. The van der Waals surface area contributed by atoms with Crippen molar-refractivity contribution in [2.24, 2.45) is 5.92 Å². The molecule has 21 heavy (non-hydrogen) atoms. The number of rotatable bonds is 12. The minimum atomic E-state index is -0.751. The molecule has 0 aliphatic carbocycles. The monoisotopic (exact) mass is 302 g/mol. The molecule has 3 atom stereocenters. The van der Waals surface area contributed by atoms with Gasteiger partial charge in [-0.1, -0.05) is 13.3 Å². The van der Waals surface area contributed by atoms with Crippen molar-refractivity contribution in [1.82, 2.24) is 10.6 Å². The zero-order chi connectivity index (χ0) is 16.3. The van der Waals surface area contributed by atoms with Crippen molar-refractivity contribution in [1.29, 1.82) is 0 Å². The Bertz CT molecular complexity index is 310. The van der Waals surface area contributed by atoms with E-state index in [-0.39, 0.29) is 23.9 Å². The third-order valence-corrected chi connectivity index (χ3v) is 3.45. The van der Waals surface area contributed by atoms with Gasteiger partial charge in [0, 0.05) is 26.3 Å². The topological polar surface area (TPSA) is 87.7 Å². The first-order valence-corrected chi connectivity index (χ1v) is 7.64. The van der Waals surface area contributed by atoms with E-state index in [4.69, 9.17) is 9.84 Å². The van der Waals surface area contributed by atoms with Crippen molar-refractivity contribution < 1.29 is 19.4 Å². The average molecular weight is 302 g/mol. The van der Waals surface area contributed by atoms with Crippen LogP contribution >= 0.6 is 0 Å². The molecule has 0 aliphatic heterocycles. The summed E-state index contributed by atoms with van der Waals surface area (Å²) in [5.41, 5.74) is 0. The number of nitrogens with one attached hydrogen (secondary N) is 2. The lowest BCUT2D eigenvalue weighted by Crippen LogP contribution is -2.46. The summed E-state index contributed by atoms with van der Waals surface area (Å²) >= 11 is 0. The van der Waals surface area contributed by atoms with Gasteiger partial charge < -0.3 is 20.5 Å². The number of ether oxygens (including phenoxy) is 1. The Morgan fingerprint density at radius 3 is 2.38 bits per heavy atom. The number of methoxy groups -OCH3 is 1. The maximum Gasteiger partial charge on any atom is 0.306 e. The van der Waals surface area contributed by atoms with Gasteiger partial charge in [-0.15, -0.1) is 0 Å². The second-order valence-electron chi connectivity index (χ2n) is 5.60. The third kappa shape index (κ3) is 10.3. The van der Waals surface area contributed by atoms with Crippen LogP contribution in [0.4, 0.5) is 0 Å². The number of aliphatic carboxylic acids is 1. The minimum absolute atomic E-state index is 0.0168. The van der Waals surface area contributed by atoms with E-state index >= 15 is 0 Å². The summed E-state index contributed by atoms with van der Waals surface area (Å²) < 4.78 is 4.92. The average Bonchev–Trinajstić information content (AvgIpc) is 2.42. The highest BCUT2D eigenvalue weighted by Crippen LogP contribution is 2.09. The highest BCUT2D eigenvalue weighted by Gasteiger charge is 2.15. The van der Waals surface area contributed by atoms with Crippen molar-refractivity contribution >= 4 is 11.9 Å². The van der Waals surface area contributed by atoms with E-state index in [1.165, 1.54) is 0 Å². The van der Waals surface area contributed by atoms with E-state index in [1.807, 2.05) is 13.8 Å². The van der Waals surface area contributed by atoms with E-state index in [0.29, 0.717) is 19.6 Å². The van der Waals surface area contributed by atoms with Gasteiger partial charge in [0.2, 0.25) is 5.91 Å². The molecule has 0 saturated heterocycles. The Labute approximate surface area is 127 Å². The molecule has 0 aromatic heterocycles. The van der Waals surface area contributed by atoms with Gasteiger partial charge >= 0.3 is 5.97 Å². The van der Waals surface area contributed by atoms with Crippen LogP contribution in [0.5, 0.6) is 0 Å². The SMILES string of the molecule is COCCCNC(=O)C(C)NC(C)CCCC(C)C(=O)O. The number of carbonyl (C=O) groups excluding carboxylic acids is 1. The molecule has 0 bridgehead atoms. The van der Waals surface area contributed by atoms with E-state index < -0.39 is 5.97 Å². The van der Waals surface area contributed by atoms with E-state index in [1.54, 1.807) is 14.0 Å². The Kier molecular flexibility index (Phi) is 10.9. The van der Waals surface area contributed by atoms with Gasteiger partial charge in [0.1, 0.15) is 0 Å². The van der Waals surface area contributed by atoms with Crippen LogP contribution in [-0.4, -0.2) is 49.3 Å². The van der Waals surface area contributed by atoms with Crippen molar-refractivity contribution in [3.63, 3.8) is 0 Å². The number of amides is 1. The van der Waals surface area contributed by atoms with Gasteiger partial charge in [-0.05, 0) is 33.1 Å². The van der Waals surface area contributed by atoms with E-state index in [0.717, 1.165) is 19.3 Å². The van der Waals surface area contributed by atoms with Gasteiger partial charge in [-0.3, -0.25) is 9.59 Å². The zero-order valence-corrected chi connectivity index (χ0v) is 13.6. The van der Waals surface area contributed by atoms with Gasteiger partial charge in [0.25, 0.3) is 0 Å². The molecule has 3 N–H and O–H groups in total. The molecule has 6 heteroatoms. The molecule has 0 saturated carbocycles. The number of hydrogen-bond donors (Lipinski definition) is 3. The molecule has 124 valence electrons. The number of carboxylic acid groups (broad SMARTS) is 1. The van der Waals surface area contributed by atoms with E-state index in [2.05, 4.69) is 10.6 Å². The molecule has 0 radical (unpaired) electrons. The van der Waals surface area contributed by atoms with Gasteiger partial charge in [-0.2, -0.15) is 0 Å². The fourth-order valence-electron chi connectivity index (χ4n) is 2.02. The Morgan fingerprint density at radius 2 is 1.81 bits per heavy atom. The van der Waals surface area contributed by atoms with Gasteiger partial charge in [0.05, 0.1) is 12.0 Å². The molecule has 0 aromatic carbocycles.